The van der Waals surface area contributed by atoms with Crippen LogP contribution < -0.4 is 19.4 Å². The molecule has 0 bridgehead atoms. The van der Waals surface area contributed by atoms with Gasteiger partial charge in [-0.25, -0.2) is 4.79 Å². The van der Waals surface area contributed by atoms with Gasteiger partial charge in [0.2, 0.25) is 5.91 Å². The van der Waals surface area contributed by atoms with Crippen molar-refractivity contribution < 1.29 is 23.9 Å². The first kappa shape index (κ1) is 29.0. The van der Waals surface area contributed by atoms with Crippen molar-refractivity contribution in [1.29, 1.82) is 0 Å². The predicted molar refractivity (Wildman–Crippen MR) is 158 cm³/mol. The number of ether oxygens (including phenoxy) is 2. The summed E-state index contributed by atoms with van der Waals surface area (Å²) in [7, 11) is 3.89. The standard InChI is InChI=1S/C31H34ClN3O5/c1-6-39-30(37)19-40-26-15-16-27-28(35(21(3)36)25-13-9-23(32)10-14-25)17-20(2)34(29(27)18-26)31(38)22-7-11-24(12-8-22)33(4)5/h7-16,18,20,28H,6,17,19H2,1-5H3/t20?,28-/m0/s1. The minimum Gasteiger partial charge on any atom is -0.482 e. The minimum atomic E-state index is -0.481. The zero-order valence-corrected chi connectivity index (χ0v) is 24.1. The zero-order valence-electron chi connectivity index (χ0n) is 23.4. The van der Waals surface area contributed by atoms with Crippen molar-refractivity contribution in [3.8, 4) is 5.75 Å². The Balaban J connectivity index is 1.77. The fourth-order valence-electron chi connectivity index (χ4n) is 5.02. The normalized spacial score (nSPS) is 16.1. The van der Waals surface area contributed by atoms with E-state index in [1.165, 1.54) is 6.92 Å². The van der Waals surface area contributed by atoms with E-state index in [9.17, 15) is 14.4 Å². The third-order valence-corrected chi connectivity index (χ3v) is 7.14. The number of amides is 2. The third-order valence-electron chi connectivity index (χ3n) is 6.89. The van der Waals surface area contributed by atoms with Crippen LogP contribution in [0.5, 0.6) is 5.75 Å². The van der Waals surface area contributed by atoms with Gasteiger partial charge in [-0.3, -0.25) is 9.59 Å². The number of anilines is 3. The summed E-state index contributed by atoms with van der Waals surface area (Å²) < 4.78 is 10.7. The van der Waals surface area contributed by atoms with Crippen LogP contribution in [0, 0.1) is 0 Å². The molecule has 0 aromatic heterocycles. The Hall–Kier alpha value is -4.04. The van der Waals surface area contributed by atoms with E-state index >= 15 is 0 Å². The molecular formula is C31H34ClN3O5. The molecule has 0 fully saturated rings. The Bertz CT molecular complexity index is 1370. The average molecular weight is 564 g/mol. The molecule has 3 aromatic rings. The molecule has 3 aromatic carbocycles. The molecule has 40 heavy (non-hydrogen) atoms. The van der Waals surface area contributed by atoms with Crippen molar-refractivity contribution in [1.82, 2.24) is 0 Å². The van der Waals surface area contributed by atoms with Gasteiger partial charge >= 0.3 is 5.97 Å². The Morgan fingerprint density at radius 2 is 1.62 bits per heavy atom. The number of carbonyl (C=O) groups excluding carboxylic acids is 3. The summed E-state index contributed by atoms with van der Waals surface area (Å²) in [5, 5.41) is 0.574. The fourth-order valence-corrected chi connectivity index (χ4v) is 5.15. The van der Waals surface area contributed by atoms with Gasteiger partial charge in [0.25, 0.3) is 5.91 Å². The Morgan fingerprint density at radius 3 is 2.23 bits per heavy atom. The first-order valence-electron chi connectivity index (χ1n) is 13.2. The second kappa shape index (κ2) is 12.4. The van der Waals surface area contributed by atoms with Gasteiger partial charge in [0, 0.05) is 55.1 Å². The molecule has 0 radical (unpaired) electrons. The average Bonchev–Trinajstić information content (AvgIpc) is 2.92. The highest BCUT2D eigenvalue weighted by molar-refractivity contribution is 6.30. The van der Waals surface area contributed by atoms with E-state index in [1.807, 2.05) is 68.4 Å². The first-order valence-corrected chi connectivity index (χ1v) is 13.6. The molecule has 0 saturated heterocycles. The minimum absolute atomic E-state index is 0.132. The molecule has 2 atom stereocenters. The van der Waals surface area contributed by atoms with Gasteiger partial charge < -0.3 is 24.2 Å². The quantitative estimate of drug-likeness (QED) is 0.318. The summed E-state index contributed by atoms with van der Waals surface area (Å²) in [4.78, 5) is 44.3. The van der Waals surface area contributed by atoms with Crippen molar-refractivity contribution in [3.63, 3.8) is 0 Å². The number of nitrogens with zero attached hydrogens (tertiary/aromatic N) is 3. The van der Waals surface area contributed by atoms with Crippen molar-refractivity contribution in [3.05, 3.63) is 82.9 Å². The van der Waals surface area contributed by atoms with Gasteiger partial charge in [-0.2, -0.15) is 0 Å². The maximum atomic E-state index is 13.9. The van der Waals surface area contributed by atoms with Gasteiger partial charge in [-0.15, -0.1) is 0 Å². The number of benzene rings is 3. The van der Waals surface area contributed by atoms with Crippen LogP contribution in [0.4, 0.5) is 17.1 Å². The number of carbonyl (C=O) groups is 3. The van der Waals surface area contributed by atoms with Gasteiger partial charge in [-0.1, -0.05) is 17.7 Å². The summed E-state index contributed by atoms with van der Waals surface area (Å²) in [6.45, 7) is 5.23. The summed E-state index contributed by atoms with van der Waals surface area (Å²) in [6.07, 6.45) is 0.514. The van der Waals surface area contributed by atoms with Crippen molar-refractivity contribution in [2.75, 3.05) is 42.0 Å². The Labute approximate surface area is 240 Å². The summed E-state index contributed by atoms with van der Waals surface area (Å²) in [6, 6.07) is 19.3. The SMILES string of the molecule is CCOC(=O)COc1ccc2c(c1)N(C(=O)c1ccc(N(C)C)cc1)C(C)C[C@@H]2N(C(C)=O)c1ccc(Cl)cc1. The van der Waals surface area contributed by atoms with Crippen LogP contribution in [0.3, 0.4) is 0 Å². The highest BCUT2D eigenvalue weighted by Gasteiger charge is 2.38. The van der Waals surface area contributed by atoms with Crippen LogP contribution in [-0.2, 0) is 14.3 Å². The molecular weight excluding hydrogens is 530 g/mol. The van der Waals surface area contributed by atoms with E-state index in [0.29, 0.717) is 34.1 Å². The summed E-state index contributed by atoms with van der Waals surface area (Å²) in [5.74, 6) is -0.361. The molecule has 4 rings (SSSR count). The Kier molecular flexibility index (Phi) is 9.00. The molecule has 1 unspecified atom stereocenters. The second-order valence-corrected chi connectivity index (χ2v) is 10.3. The van der Waals surface area contributed by atoms with E-state index in [0.717, 1.165) is 11.3 Å². The largest absolute Gasteiger partial charge is 0.482 e. The molecule has 9 heteroatoms. The number of rotatable bonds is 8. The molecule has 1 aliphatic rings. The van der Waals surface area contributed by atoms with Crippen LogP contribution in [-0.4, -0.2) is 51.1 Å². The smallest absolute Gasteiger partial charge is 0.344 e. The fraction of sp³-hybridized carbons (Fsp3) is 0.323. The molecule has 0 saturated carbocycles. The van der Waals surface area contributed by atoms with Crippen LogP contribution in [0.1, 0.15) is 49.2 Å². The number of hydrogen-bond acceptors (Lipinski definition) is 6. The van der Waals surface area contributed by atoms with Crippen molar-refractivity contribution in [2.45, 2.75) is 39.3 Å². The topological polar surface area (TPSA) is 79.4 Å². The molecule has 0 N–H and O–H groups in total. The molecule has 0 spiro atoms. The van der Waals surface area contributed by atoms with Crippen molar-refractivity contribution in [2.24, 2.45) is 0 Å². The molecule has 0 aliphatic carbocycles. The van der Waals surface area contributed by atoms with Crippen LogP contribution >= 0.6 is 11.6 Å². The van der Waals surface area contributed by atoms with Gasteiger partial charge in [0.1, 0.15) is 5.75 Å². The molecule has 8 nitrogen and oxygen atoms in total. The van der Waals surface area contributed by atoms with Gasteiger partial charge in [0.05, 0.1) is 18.3 Å². The van der Waals surface area contributed by atoms with E-state index in [-0.39, 0.29) is 37.1 Å². The maximum absolute atomic E-state index is 13.9. The van der Waals surface area contributed by atoms with Crippen molar-refractivity contribution >= 4 is 46.4 Å². The maximum Gasteiger partial charge on any atom is 0.344 e. The number of halogens is 1. The lowest BCUT2D eigenvalue weighted by atomic mass is 9.89. The highest BCUT2D eigenvalue weighted by Crippen LogP contribution is 2.44. The monoisotopic (exact) mass is 563 g/mol. The highest BCUT2D eigenvalue weighted by atomic mass is 35.5. The van der Waals surface area contributed by atoms with Crippen LogP contribution in [0.2, 0.25) is 5.02 Å². The van der Waals surface area contributed by atoms with E-state index < -0.39 is 5.97 Å². The lowest BCUT2D eigenvalue weighted by molar-refractivity contribution is -0.145. The lowest BCUT2D eigenvalue weighted by Gasteiger charge is -2.43. The summed E-state index contributed by atoms with van der Waals surface area (Å²) in [5.41, 5.74) is 3.65. The van der Waals surface area contributed by atoms with E-state index in [2.05, 4.69) is 0 Å². The first-order chi connectivity index (χ1) is 19.1. The summed E-state index contributed by atoms with van der Waals surface area (Å²) >= 11 is 6.12. The number of hydrogen-bond donors (Lipinski definition) is 0. The molecule has 2 amide bonds. The van der Waals surface area contributed by atoms with Gasteiger partial charge in [-0.05, 0) is 80.4 Å². The van der Waals surface area contributed by atoms with Gasteiger partial charge in [0.15, 0.2) is 6.61 Å². The Morgan fingerprint density at radius 1 is 0.975 bits per heavy atom. The molecule has 1 aliphatic heterocycles. The zero-order chi connectivity index (χ0) is 29.0. The van der Waals surface area contributed by atoms with E-state index in [1.54, 1.807) is 41.0 Å². The predicted octanol–water partition coefficient (Wildman–Crippen LogP) is 5.88. The van der Waals surface area contributed by atoms with E-state index in [4.69, 9.17) is 21.1 Å². The third kappa shape index (κ3) is 6.23. The number of esters is 1. The van der Waals surface area contributed by atoms with Crippen LogP contribution in [0.15, 0.2) is 66.7 Å². The van der Waals surface area contributed by atoms with Crippen LogP contribution in [0.25, 0.3) is 0 Å². The number of fused-ring (bicyclic) bond motifs is 1. The lowest BCUT2D eigenvalue weighted by Crippen LogP contribution is -2.47. The second-order valence-electron chi connectivity index (χ2n) is 9.90. The molecule has 1 heterocycles. The molecule has 210 valence electrons.